The lowest BCUT2D eigenvalue weighted by Gasteiger charge is -2.24. The van der Waals surface area contributed by atoms with Crippen molar-refractivity contribution in [1.82, 2.24) is 10.6 Å². The number of hydrogen-bond donors (Lipinski definition) is 8. The number of guanidine groups is 1. The predicted molar refractivity (Wildman–Crippen MR) is 135 cm³/mol. The monoisotopic (exact) mass is 503 g/mol. The van der Waals surface area contributed by atoms with Crippen LogP contribution in [0.1, 0.15) is 24.0 Å². The average Bonchev–Trinajstić information content (AvgIpc) is 2.82. The number of nitrogens with zero attached hydrogens (tertiary/aromatic N) is 1. The van der Waals surface area contributed by atoms with E-state index in [1.54, 1.807) is 24.3 Å². The van der Waals surface area contributed by atoms with Crippen LogP contribution in [0.15, 0.2) is 53.5 Å². The van der Waals surface area contributed by atoms with E-state index in [1.165, 1.54) is 24.3 Å². The van der Waals surface area contributed by atoms with Crippen molar-refractivity contribution in [3.05, 3.63) is 59.7 Å². The van der Waals surface area contributed by atoms with Gasteiger partial charge in [0, 0.05) is 13.0 Å². The second-order valence-corrected chi connectivity index (χ2v) is 8.42. The molecular formula is C24H35N6O6+. The molecule has 12 heteroatoms. The minimum atomic E-state index is -1.63. The van der Waals surface area contributed by atoms with E-state index in [0.29, 0.717) is 12.0 Å². The number of carbonyl (C=O) groups is 2. The number of nitrogens with one attached hydrogen (secondary N) is 2. The molecule has 0 aromatic heterocycles. The van der Waals surface area contributed by atoms with Crippen LogP contribution in [0.25, 0.3) is 0 Å². The van der Waals surface area contributed by atoms with Crippen molar-refractivity contribution >= 4 is 17.8 Å². The van der Waals surface area contributed by atoms with E-state index in [-0.39, 0.29) is 43.3 Å². The van der Waals surface area contributed by atoms with E-state index in [4.69, 9.17) is 22.3 Å². The molecule has 4 atom stereocenters. The zero-order valence-electron chi connectivity index (χ0n) is 19.8. The minimum Gasteiger partial charge on any atom is -0.508 e. The van der Waals surface area contributed by atoms with Crippen LogP contribution in [0.4, 0.5) is 0 Å². The molecule has 0 aliphatic rings. The summed E-state index contributed by atoms with van der Waals surface area (Å²) in [5.41, 5.74) is 18.1. The van der Waals surface area contributed by atoms with Gasteiger partial charge in [-0.2, -0.15) is 0 Å². The molecule has 0 spiro atoms. The highest BCUT2D eigenvalue weighted by atomic mass is 16.5. The molecule has 2 aromatic carbocycles. The van der Waals surface area contributed by atoms with Gasteiger partial charge in [0.2, 0.25) is 11.8 Å². The van der Waals surface area contributed by atoms with Gasteiger partial charge in [0.15, 0.2) is 5.96 Å². The standard InChI is InChI=1S/C24H34N6O6/c25-18(12-14-3-7-16(31)8-4-14)21(33)29-19(2-1-11-28-24(26)27)22(34)30-20(23(35)36)13-15-5-9-17(32)10-6-15/h3-10,18-20,23,31-32,35-36H,1-2,11-13,25H2,(H,29,33)(H,30,34)(H4,26,27,28)/p+1. The van der Waals surface area contributed by atoms with Crippen LogP contribution >= 0.6 is 0 Å². The van der Waals surface area contributed by atoms with Gasteiger partial charge in [0.05, 0.1) is 6.04 Å². The highest BCUT2D eigenvalue weighted by Crippen LogP contribution is 2.13. The number of aliphatic imine (C=N–C) groups is 1. The number of rotatable bonds is 13. The smallest absolute Gasteiger partial charge is 0.282 e. The first-order chi connectivity index (χ1) is 17.0. The zero-order valence-corrected chi connectivity index (χ0v) is 19.8. The Morgan fingerprint density at radius 1 is 0.889 bits per heavy atom. The Hall–Kier alpha value is -3.87. The molecule has 0 aliphatic carbocycles. The van der Waals surface area contributed by atoms with Gasteiger partial charge in [-0.05, 0) is 54.7 Å². The van der Waals surface area contributed by atoms with Crippen molar-refractivity contribution in [2.75, 3.05) is 6.54 Å². The number of aromatic hydroxyl groups is 2. The van der Waals surface area contributed by atoms with E-state index in [0.717, 1.165) is 5.56 Å². The van der Waals surface area contributed by atoms with Crippen molar-refractivity contribution in [2.45, 2.75) is 50.1 Å². The fourth-order valence-corrected chi connectivity index (χ4v) is 3.44. The summed E-state index contributed by atoms with van der Waals surface area (Å²) >= 11 is 0. The minimum absolute atomic E-state index is 0.0675. The number of amides is 2. The van der Waals surface area contributed by atoms with E-state index < -0.39 is 36.2 Å². The van der Waals surface area contributed by atoms with E-state index in [2.05, 4.69) is 15.6 Å². The molecule has 0 heterocycles. The quantitative estimate of drug-likeness (QED) is 0.0513. The van der Waals surface area contributed by atoms with Gasteiger partial charge in [-0.3, -0.25) is 14.6 Å². The number of hydrogen-bond acceptors (Lipinski definition) is 7. The Bertz CT molecular complexity index is 1010. The Morgan fingerprint density at radius 3 is 1.92 bits per heavy atom. The second kappa shape index (κ2) is 13.9. The van der Waals surface area contributed by atoms with Gasteiger partial charge >= 0.3 is 0 Å². The Kier molecular flexibility index (Phi) is 10.9. The molecule has 0 saturated heterocycles. The van der Waals surface area contributed by atoms with Crippen LogP contribution in [-0.2, 0) is 22.4 Å². The van der Waals surface area contributed by atoms with Crippen LogP contribution in [0.3, 0.4) is 0 Å². The molecular weight excluding hydrogens is 468 g/mol. The lowest BCUT2D eigenvalue weighted by molar-refractivity contribution is -0.133. The number of aliphatic hydroxyl groups excluding tert-OH is 1. The van der Waals surface area contributed by atoms with Gasteiger partial charge in [-0.15, -0.1) is 0 Å². The summed E-state index contributed by atoms with van der Waals surface area (Å²) < 4.78 is 0. The van der Waals surface area contributed by atoms with Gasteiger partial charge in [-0.25, -0.2) is 0 Å². The highest BCUT2D eigenvalue weighted by Gasteiger charge is 2.29. The maximum absolute atomic E-state index is 13.1. The largest absolute Gasteiger partial charge is 0.508 e. The fourth-order valence-electron chi connectivity index (χ4n) is 3.44. The predicted octanol–water partition coefficient (Wildman–Crippen LogP) is -1.72. The van der Waals surface area contributed by atoms with Crippen LogP contribution in [-0.4, -0.2) is 69.2 Å². The van der Waals surface area contributed by atoms with Crippen molar-refractivity contribution in [1.29, 1.82) is 0 Å². The lowest BCUT2D eigenvalue weighted by atomic mass is 10.0. The molecule has 0 radical (unpaired) electrons. The Balaban J connectivity index is 2.08. The molecule has 4 unspecified atom stereocenters. The van der Waals surface area contributed by atoms with Crippen LogP contribution in [0.5, 0.6) is 11.5 Å². The van der Waals surface area contributed by atoms with E-state index in [1.807, 2.05) is 0 Å². The molecule has 0 aliphatic heterocycles. The number of aliphatic hydroxyl groups is 1. The van der Waals surface area contributed by atoms with E-state index in [9.17, 15) is 24.9 Å². The summed E-state index contributed by atoms with van der Waals surface area (Å²) in [6.07, 6.45) is -0.761. The molecule has 0 fully saturated rings. The number of benzene rings is 2. The highest BCUT2D eigenvalue weighted by molar-refractivity contribution is 5.90. The molecule has 0 saturated carbocycles. The van der Waals surface area contributed by atoms with Gasteiger partial charge in [-0.1, -0.05) is 24.3 Å². The Labute approximate surface area is 208 Å². The number of phenolic OH excluding ortho intramolecular Hbond substituents is 2. The Morgan fingerprint density at radius 2 is 1.42 bits per heavy atom. The fraction of sp³-hybridized carbons (Fsp3) is 0.375. The first-order valence-electron chi connectivity index (χ1n) is 11.4. The summed E-state index contributed by atoms with van der Waals surface area (Å²) in [5, 5.41) is 41.8. The third kappa shape index (κ3) is 9.78. The van der Waals surface area contributed by atoms with Crippen molar-refractivity contribution in [2.24, 2.45) is 22.2 Å². The second-order valence-electron chi connectivity index (χ2n) is 8.42. The van der Waals surface area contributed by atoms with Crippen molar-refractivity contribution in [3.8, 4) is 11.5 Å². The summed E-state index contributed by atoms with van der Waals surface area (Å²) in [5.74, 6) is -1.10. The number of carbonyl (C=O) groups excluding carboxylic acids is 2. The molecule has 2 aromatic rings. The maximum Gasteiger partial charge on any atom is 0.282 e. The average molecular weight is 504 g/mol. The third-order valence-electron chi connectivity index (χ3n) is 5.41. The maximum atomic E-state index is 13.1. The molecule has 13 N–H and O–H groups in total. The molecule has 0 bridgehead atoms. The van der Waals surface area contributed by atoms with Crippen LogP contribution in [0, 0.1) is 0 Å². The van der Waals surface area contributed by atoms with Crippen molar-refractivity contribution < 1.29 is 30.0 Å². The van der Waals surface area contributed by atoms with Gasteiger partial charge in [0.1, 0.15) is 23.6 Å². The van der Waals surface area contributed by atoms with Crippen LogP contribution in [0.2, 0.25) is 0 Å². The SMILES string of the molecule is NC(N)=NCCCC(NC(=O)C(N)Cc1ccc(O)cc1)C(=O)NC(Cc1ccc(O)cc1)C(O)[OH2+]. The topological polar surface area (TPSA) is 232 Å². The molecule has 196 valence electrons. The lowest BCUT2D eigenvalue weighted by Crippen LogP contribution is -2.55. The summed E-state index contributed by atoms with van der Waals surface area (Å²) in [6.45, 7) is 0.236. The van der Waals surface area contributed by atoms with Crippen molar-refractivity contribution in [3.63, 3.8) is 0 Å². The first kappa shape index (κ1) is 28.4. The molecule has 36 heavy (non-hydrogen) atoms. The number of phenols is 2. The summed E-state index contributed by atoms with van der Waals surface area (Å²) in [4.78, 5) is 29.7. The summed E-state index contributed by atoms with van der Waals surface area (Å²) in [7, 11) is 0. The number of nitrogens with two attached hydrogens (primary N) is 3. The van der Waals surface area contributed by atoms with Gasteiger partial charge < -0.3 is 48.3 Å². The normalized spacial score (nSPS) is 14.2. The zero-order chi connectivity index (χ0) is 26.7. The van der Waals surface area contributed by atoms with Gasteiger partial charge in [0.25, 0.3) is 6.29 Å². The first-order valence-corrected chi connectivity index (χ1v) is 11.4. The third-order valence-corrected chi connectivity index (χ3v) is 5.41. The van der Waals surface area contributed by atoms with Crippen LogP contribution < -0.4 is 27.8 Å². The molecule has 2 amide bonds. The van der Waals surface area contributed by atoms with E-state index >= 15 is 0 Å². The molecule has 2 rings (SSSR count). The summed E-state index contributed by atoms with van der Waals surface area (Å²) in [6, 6.07) is 9.48. The molecule has 12 nitrogen and oxygen atoms in total.